The fourth-order valence-corrected chi connectivity index (χ4v) is 2.94. The van der Waals surface area contributed by atoms with Crippen LogP contribution in [0.15, 0.2) is 40.1 Å². The van der Waals surface area contributed by atoms with Gasteiger partial charge in [-0.15, -0.1) is 0 Å². The molecular weight excluding hydrogens is 254 g/mol. The van der Waals surface area contributed by atoms with Gasteiger partial charge in [-0.2, -0.15) is 0 Å². The van der Waals surface area contributed by atoms with Gasteiger partial charge in [-0.05, 0) is 30.4 Å². The molecule has 0 amide bonds. The lowest BCUT2D eigenvalue weighted by Gasteiger charge is -2.25. The van der Waals surface area contributed by atoms with Crippen molar-refractivity contribution < 1.29 is 0 Å². The van der Waals surface area contributed by atoms with Crippen LogP contribution in [-0.4, -0.2) is 9.55 Å². The van der Waals surface area contributed by atoms with Crippen LogP contribution in [0.1, 0.15) is 29.9 Å². The molecule has 0 spiro atoms. The second kappa shape index (κ2) is 5.00. The van der Waals surface area contributed by atoms with Crippen LogP contribution in [0.4, 0.5) is 5.69 Å². The van der Waals surface area contributed by atoms with E-state index >= 15 is 0 Å². The number of nitrogen functional groups attached to an aromatic ring is 1. The molecular formula is C15H17N3O2. The molecule has 1 aromatic heterocycles. The first-order valence-corrected chi connectivity index (χ1v) is 6.82. The molecule has 1 aliphatic carbocycles. The Labute approximate surface area is 116 Å². The third kappa shape index (κ3) is 2.27. The van der Waals surface area contributed by atoms with Crippen molar-refractivity contribution in [2.45, 2.75) is 31.7 Å². The smallest absolute Gasteiger partial charge is 0.328 e. The number of aromatic nitrogens is 2. The van der Waals surface area contributed by atoms with Gasteiger partial charge < -0.3 is 5.73 Å². The van der Waals surface area contributed by atoms with Crippen molar-refractivity contribution in [3.05, 3.63) is 62.4 Å². The molecule has 104 valence electrons. The molecule has 1 aromatic carbocycles. The molecule has 2 aromatic rings. The predicted molar refractivity (Wildman–Crippen MR) is 77.9 cm³/mol. The third-order valence-electron chi connectivity index (χ3n) is 3.95. The zero-order valence-electron chi connectivity index (χ0n) is 11.1. The quantitative estimate of drug-likeness (QED) is 0.862. The van der Waals surface area contributed by atoms with E-state index in [1.807, 2.05) is 12.1 Å². The Kier molecular flexibility index (Phi) is 3.18. The molecule has 0 radical (unpaired) electrons. The molecule has 0 bridgehead atoms. The zero-order valence-corrected chi connectivity index (χ0v) is 11.1. The van der Waals surface area contributed by atoms with E-state index in [2.05, 4.69) is 17.1 Å². The van der Waals surface area contributed by atoms with Crippen LogP contribution in [0.5, 0.6) is 0 Å². The molecule has 0 saturated heterocycles. The van der Waals surface area contributed by atoms with Gasteiger partial charge in [0, 0.05) is 18.7 Å². The summed E-state index contributed by atoms with van der Waals surface area (Å²) in [5, 5.41) is 0. The monoisotopic (exact) mass is 271 g/mol. The number of nitrogens with one attached hydrogen (secondary N) is 1. The minimum absolute atomic E-state index is 0.0775. The summed E-state index contributed by atoms with van der Waals surface area (Å²) in [5.41, 5.74) is 7.41. The largest absolute Gasteiger partial charge is 0.393 e. The van der Waals surface area contributed by atoms with Crippen molar-refractivity contribution in [2.24, 2.45) is 0 Å². The molecule has 0 aliphatic heterocycles. The highest BCUT2D eigenvalue weighted by Gasteiger charge is 2.20. The molecule has 1 heterocycles. The number of aromatic amines is 1. The number of hydrogen-bond acceptors (Lipinski definition) is 3. The number of benzene rings is 1. The summed E-state index contributed by atoms with van der Waals surface area (Å²) in [7, 11) is 0. The van der Waals surface area contributed by atoms with E-state index in [1.165, 1.54) is 21.9 Å². The maximum Gasteiger partial charge on any atom is 0.328 e. The van der Waals surface area contributed by atoms with Crippen LogP contribution < -0.4 is 17.0 Å². The fourth-order valence-electron chi connectivity index (χ4n) is 2.94. The molecule has 0 fully saturated rings. The maximum absolute atomic E-state index is 11.8. The molecule has 5 heteroatoms. The van der Waals surface area contributed by atoms with E-state index in [9.17, 15) is 9.59 Å². The Morgan fingerprint density at radius 2 is 2.10 bits per heavy atom. The number of nitrogens with two attached hydrogens (primary N) is 1. The number of anilines is 1. The van der Waals surface area contributed by atoms with Crippen molar-refractivity contribution >= 4 is 5.69 Å². The van der Waals surface area contributed by atoms with Crippen LogP contribution in [0.25, 0.3) is 0 Å². The number of nitrogens with zero attached hydrogens (tertiary/aromatic N) is 1. The van der Waals surface area contributed by atoms with E-state index < -0.39 is 11.2 Å². The Bertz CT molecular complexity index is 745. The first-order chi connectivity index (χ1) is 9.65. The lowest BCUT2D eigenvalue weighted by atomic mass is 9.83. The predicted octanol–water partition coefficient (Wildman–Crippen LogP) is 1.24. The van der Waals surface area contributed by atoms with Gasteiger partial charge >= 0.3 is 5.69 Å². The van der Waals surface area contributed by atoms with Crippen LogP contribution in [0, 0.1) is 0 Å². The summed E-state index contributed by atoms with van der Waals surface area (Å²) in [6.07, 6.45) is 4.70. The number of aryl methyl sites for hydroxylation is 1. The van der Waals surface area contributed by atoms with Crippen molar-refractivity contribution in [1.29, 1.82) is 0 Å². The van der Waals surface area contributed by atoms with E-state index in [0.717, 1.165) is 19.3 Å². The van der Waals surface area contributed by atoms with Gasteiger partial charge in [-0.25, -0.2) is 4.79 Å². The Balaban J connectivity index is 1.95. The lowest BCUT2D eigenvalue weighted by molar-refractivity contribution is 0.471. The van der Waals surface area contributed by atoms with E-state index in [-0.39, 0.29) is 5.69 Å². The highest BCUT2D eigenvalue weighted by molar-refractivity contribution is 5.33. The van der Waals surface area contributed by atoms with Crippen LogP contribution in [-0.2, 0) is 13.0 Å². The third-order valence-corrected chi connectivity index (χ3v) is 3.95. The van der Waals surface area contributed by atoms with Crippen molar-refractivity contribution in [1.82, 2.24) is 9.55 Å². The average molecular weight is 271 g/mol. The highest BCUT2D eigenvalue weighted by atomic mass is 16.2. The molecule has 0 saturated carbocycles. The number of fused-ring (bicyclic) bond motifs is 1. The second-order valence-corrected chi connectivity index (χ2v) is 5.28. The lowest BCUT2D eigenvalue weighted by Crippen LogP contribution is -2.32. The molecule has 1 atom stereocenters. The van der Waals surface area contributed by atoms with Crippen LogP contribution in [0.2, 0.25) is 0 Å². The summed E-state index contributed by atoms with van der Waals surface area (Å²) in [5.74, 6) is 0.294. The highest BCUT2D eigenvalue weighted by Crippen LogP contribution is 2.32. The maximum atomic E-state index is 11.8. The summed E-state index contributed by atoms with van der Waals surface area (Å²) >= 11 is 0. The topological polar surface area (TPSA) is 80.9 Å². The van der Waals surface area contributed by atoms with Crippen molar-refractivity contribution in [3.63, 3.8) is 0 Å². The van der Waals surface area contributed by atoms with Gasteiger partial charge in [0.1, 0.15) is 5.69 Å². The fraction of sp³-hybridized carbons (Fsp3) is 0.333. The minimum atomic E-state index is -0.518. The normalized spacial score (nSPS) is 17.7. The van der Waals surface area contributed by atoms with Gasteiger partial charge in [0.25, 0.3) is 5.56 Å². The molecule has 20 heavy (non-hydrogen) atoms. The molecule has 1 aliphatic rings. The second-order valence-electron chi connectivity index (χ2n) is 5.28. The van der Waals surface area contributed by atoms with Gasteiger partial charge in [0.2, 0.25) is 0 Å². The first kappa shape index (κ1) is 12.7. The summed E-state index contributed by atoms with van der Waals surface area (Å²) in [6.45, 7) is 0.552. The van der Waals surface area contributed by atoms with Gasteiger partial charge in [-0.1, -0.05) is 24.3 Å². The Hall–Kier alpha value is -2.30. The Morgan fingerprint density at radius 1 is 1.30 bits per heavy atom. The minimum Gasteiger partial charge on any atom is -0.393 e. The molecule has 1 unspecified atom stereocenters. The van der Waals surface area contributed by atoms with E-state index in [1.54, 1.807) is 0 Å². The number of rotatable bonds is 2. The summed E-state index contributed by atoms with van der Waals surface area (Å²) in [4.78, 5) is 25.4. The van der Waals surface area contributed by atoms with Gasteiger partial charge in [0.15, 0.2) is 0 Å². The van der Waals surface area contributed by atoms with Crippen molar-refractivity contribution in [3.8, 4) is 0 Å². The van der Waals surface area contributed by atoms with Crippen LogP contribution >= 0.6 is 0 Å². The molecule has 3 rings (SSSR count). The van der Waals surface area contributed by atoms with E-state index in [0.29, 0.717) is 12.5 Å². The van der Waals surface area contributed by atoms with Crippen molar-refractivity contribution in [2.75, 3.05) is 5.73 Å². The average Bonchev–Trinajstić information content (AvgIpc) is 2.45. The number of hydrogen-bond donors (Lipinski definition) is 2. The first-order valence-electron chi connectivity index (χ1n) is 6.82. The molecule has 3 N–H and O–H groups in total. The van der Waals surface area contributed by atoms with Crippen LogP contribution in [0.3, 0.4) is 0 Å². The summed E-state index contributed by atoms with van der Waals surface area (Å²) in [6, 6.07) is 8.34. The number of H-pyrrole nitrogens is 1. The SMILES string of the molecule is Nc1cn(CC2CCCc3ccccc32)c(=O)[nH]c1=O. The zero-order chi connectivity index (χ0) is 14.1. The van der Waals surface area contributed by atoms with Gasteiger partial charge in [-0.3, -0.25) is 14.3 Å². The summed E-state index contributed by atoms with van der Waals surface area (Å²) < 4.78 is 1.50. The Morgan fingerprint density at radius 3 is 2.95 bits per heavy atom. The van der Waals surface area contributed by atoms with E-state index in [4.69, 9.17) is 5.73 Å². The molecule has 5 nitrogen and oxygen atoms in total. The standard InChI is InChI=1S/C15H17N3O2/c16-13-9-18(15(20)17-14(13)19)8-11-6-3-5-10-4-1-2-7-12(10)11/h1-2,4,7,9,11H,3,5-6,8,16H2,(H,17,19,20). The van der Waals surface area contributed by atoms with Gasteiger partial charge in [0.05, 0.1) is 0 Å².